The molecule has 13 atom stereocenters. The molecule has 0 radical (unpaired) electrons. The van der Waals surface area contributed by atoms with Gasteiger partial charge >= 0.3 is 17.9 Å². The van der Waals surface area contributed by atoms with Gasteiger partial charge in [0, 0.05) is 58.3 Å². The monoisotopic (exact) mass is 1230 g/mol. The number of halogens is 1. The van der Waals surface area contributed by atoms with Crippen molar-refractivity contribution in [1.82, 2.24) is 31.9 Å². The molecule has 0 bridgehead atoms. The molecule has 0 spiro atoms. The first-order valence-electron chi connectivity index (χ1n) is 29.0. The summed E-state index contributed by atoms with van der Waals surface area (Å²) in [5.74, 6) is -6.88. The molecule has 476 valence electrons. The third-order valence-corrected chi connectivity index (χ3v) is 15.3. The fraction of sp³-hybridized carbons (Fsp3) is 0.617. The second-order valence-electron chi connectivity index (χ2n) is 23.3. The van der Waals surface area contributed by atoms with Crippen LogP contribution in [0.3, 0.4) is 0 Å². The zero-order valence-corrected chi connectivity index (χ0v) is 50.9. The van der Waals surface area contributed by atoms with E-state index in [1.54, 1.807) is 58.0 Å². The Hall–Kier alpha value is -6.74. The number of aliphatic carboxylic acids is 1. The molecule has 3 heterocycles. The number of aliphatic hydroxyl groups is 3. The van der Waals surface area contributed by atoms with Gasteiger partial charge in [-0.3, -0.25) is 38.4 Å². The molecule has 5 rings (SSSR count). The summed E-state index contributed by atoms with van der Waals surface area (Å²) in [5.41, 5.74) is 0.755. The summed E-state index contributed by atoms with van der Waals surface area (Å²) in [6.07, 6.45) is -7.76. The van der Waals surface area contributed by atoms with Crippen molar-refractivity contribution in [2.45, 2.75) is 186 Å². The number of carboxylic acid groups (broad SMARTS) is 1. The van der Waals surface area contributed by atoms with Gasteiger partial charge in [0.1, 0.15) is 54.4 Å². The fourth-order valence-corrected chi connectivity index (χ4v) is 10.00. The van der Waals surface area contributed by atoms with Crippen LogP contribution in [0.4, 0.5) is 0 Å². The van der Waals surface area contributed by atoms with E-state index in [1.807, 2.05) is 32.9 Å². The predicted molar refractivity (Wildman–Crippen MR) is 309 cm³/mol. The zero-order valence-electron chi connectivity index (χ0n) is 50.1. The van der Waals surface area contributed by atoms with Gasteiger partial charge in [-0.15, -0.1) is 0 Å². The molecule has 2 aromatic carbocycles. The van der Waals surface area contributed by atoms with Gasteiger partial charge < -0.3 is 80.7 Å². The Bertz CT molecular complexity index is 2710. The molecule has 0 aliphatic carbocycles. The minimum atomic E-state index is -1.75. The summed E-state index contributed by atoms with van der Waals surface area (Å²) in [5, 5.41) is 56.4. The van der Waals surface area contributed by atoms with Crippen molar-refractivity contribution in [3.63, 3.8) is 0 Å². The van der Waals surface area contributed by atoms with Crippen molar-refractivity contribution in [3.05, 3.63) is 76.3 Å². The van der Waals surface area contributed by atoms with E-state index in [-0.39, 0.29) is 83.3 Å². The highest BCUT2D eigenvalue weighted by atomic mass is 35.5. The van der Waals surface area contributed by atoms with E-state index in [1.165, 1.54) is 26.4 Å². The number of carbonyl (C=O) groups excluding carboxylic acids is 8. The normalized spacial score (nSPS) is 25.9. The molecule has 2 saturated heterocycles. The number of cyclic esters (lactones) is 2. The molecule has 6 amide bonds. The molecule has 0 unspecified atom stereocenters. The van der Waals surface area contributed by atoms with Crippen LogP contribution in [0.5, 0.6) is 5.75 Å². The number of nitrogens with one attached hydrogen (secondary N) is 6. The van der Waals surface area contributed by atoms with Gasteiger partial charge in [-0.2, -0.15) is 0 Å². The molecule has 25 nitrogen and oxygen atoms in total. The fourth-order valence-electron chi connectivity index (χ4n) is 9.72. The van der Waals surface area contributed by atoms with E-state index in [2.05, 4.69) is 31.9 Å². The molecular weight excluding hydrogens is 1140 g/mol. The number of carbonyl (C=O) groups is 9. The number of methoxy groups -OCH3 is 2. The van der Waals surface area contributed by atoms with E-state index >= 15 is 0 Å². The Labute approximate surface area is 505 Å². The van der Waals surface area contributed by atoms with Crippen molar-refractivity contribution in [2.75, 3.05) is 27.3 Å². The van der Waals surface area contributed by atoms with Crippen LogP contribution in [0, 0.1) is 23.2 Å². The Balaban J connectivity index is 1.27. The van der Waals surface area contributed by atoms with Gasteiger partial charge in [-0.1, -0.05) is 82.6 Å². The van der Waals surface area contributed by atoms with Gasteiger partial charge in [0.2, 0.25) is 29.5 Å². The summed E-state index contributed by atoms with van der Waals surface area (Å²) < 4.78 is 33.8. The van der Waals surface area contributed by atoms with E-state index in [4.69, 9.17) is 45.1 Å². The van der Waals surface area contributed by atoms with Gasteiger partial charge in [-0.25, -0.2) is 4.79 Å². The van der Waals surface area contributed by atoms with E-state index in [9.17, 15) is 58.5 Å². The number of ether oxygens (including phenoxy) is 6. The average Bonchev–Trinajstić information content (AvgIpc) is 1.95. The first kappa shape index (κ1) is 70.0. The minimum absolute atomic E-state index is 0.0199. The van der Waals surface area contributed by atoms with E-state index in [0.717, 1.165) is 5.56 Å². The predicted octanol–water partition coefficient (Wildman–Crippen LogP) is 2.36. The van der Waals surface area contributed by atoms with E-state index < -0.39 is 144 Å². The molecular formula is C60H85ClN6O19. The van der Waals surface area contributed by atoms with Crippen molar-refractivity contribution in [1.29, 1.82) is 0 Å². The van der Waals surface area contributed by atoms with E-state index in [0.29, 0.717) is 21.9 Å². The standard InChI is InChI=1S/C60H85ClN6O19/c1-31(2)26-42-57(79)83-40(15-12-16-43(68)65-39(28-35-21-24-41(81-8)37(61)27-35)54(76)64-30-60(6,7)59(80)84-42)33(5)50-51(85-50)36-22-19-34(20-23-36)29-63-53(75)38(66-55(77)46(32(3)4)67-44(69)17-13-18-45(70)71)14-10-11-25-62-56(78)52-48(73)47(72)49(74)58(82-9)86-52/h12,16,19-24,27,31-33,38-40,42,46-52,58,72-74H,10-11,13-15,17-18,25-26,28-30H2,1-9H3,(H,62,78)(H,63,75)(H,64,76)(H,65,68)(H,66,77)(H,67,69)(H,70,71)/b16-12-/t33-,38-,39+,40-,42-,46-,47-,48-,49+,50+,51+,52-,58+/m0/s1. The van der Waals surface area contributed by atoms with Crippen LogP contribution in [0.25, 0.3) is 0 Å². The second-order valence-corrected chi connectivity index (χ2v) is 23.7. The molecule has 2 fully saturated rings. The lowest BCUT2D eigenvalue weighted by Crippen LogP contribution is -2.61. The number of rotatable bonds is 26. The molecule has 26 heteroatoms. The molecule has 3 aliphatic heterocycles. The third kappa shape index (κ3) is 20.7. The quantitative estimate of drug-likeness (QED) is 0.0367. The number of hydrogen-bond donors (Lipinski definition) is 10. The number of amides is 6. The third-order valence-electron chi connectivity index (χ3n) is 15.0. The smallest absolute Gasteiger partial charge is 0.347 e. The van der Waals surface area contributed by atoms with Crippen molar-refractivity contribution >= 4 is 65.0 Å². The Morgan fingerprint density at radius 2 is 1.52 bits per heavy atom. The highest BCUT2D eigenvalue weighted by Crippen LogP contribution is 2.45. The van der Waals surface area contributed by atoms with Gasteiger partial charge in [0.05, 0.1) is 23.7 Å². The molecule has 3 aliphatic rings. The van der Waals surface area contributed by atoms with Crippen LogP contribution in [0.15, 0.2) is 54.6 Å². The first-order valence-corrected chi connectivity index (χ1v) is 29.3. The van der Waals surface area contributed by atoms with Gasteiger partial charge in [0.15, 0.2) is 18.5 Å². The SMILES string of the molecule is COc1ccc(C[C@H]2NC(=O)/C=C\C[C@@H]([C@H](C)[C@H]3O[C@@H]3c3ccc(CNC(=O)[C@H](CCCCNC(=O)[C@H]4O[C@@H](OC)[C@H](O)[C@@H](O)[C@@H]4O)NC(=O)[C@@H](NC(=O)CCCC(=O)O)C(C)C)cc3)OC(=O)[C@H](CC(C)C)OC(=O)C(C)(C)CNC2=O)cc1Cl. The first-order chi connectivity index (χ1) is 40.6. The van der Waals surface area contributed by atoms with Crippen molar-refractivity contribution in [2.24, 2.45) is 23.2 Å². The molecule has 0 saturated carbocycles. The molecule has 2 aromatic rings. The lowest BCUT2D eigenvalue weighted by atomic mass is 9.92. The molecule has 0 aromatic heterocycles. The lowest BCUT2D eigenvalue weighted by molar-refractivity contribution is -0.283. The highest BCUT2D eigenvalue weighted by molar-refractivity contribution is 6.32. The maximum Gasteiger partial charge on any atom is 0.347 e. The topological polar surface area (TPSA) is 365 Å². The summed E-state index contributed by atoms with van der Waals surface area (Å²) in [4.78, 5) is 119. The number of unbranched alkanes of at least 4 members (excludes halogenated alkanes) is 1. The Morgan fingerprint density at radius 1 is 0.826 bits per heavy atom. The highest BCUT2D eigenvalue weighted by Gasteiger charge is 2.49. The van der Waals surface area contributed by atoms with Crippen LogP contribution in [0.2, 0.25) is 5.02 Å². The van der Waals surface area contributed by atoms with Crippen molar-refractivity contribution < 1.29 is 92.0 Å². The van der Waals surface area contributed by atoms with Crippen LogP contribution < -0.4 is 36.6 Å². The van der Waals surface area contributed by atoms with Crippen LogP contribution in [0.1, 0.15) is 123 Å². The van der Waals surface area contributed by atoms with Crippen LogP contribution in [-0.2, 0) is 79.8 Å². The second kappa shape index (κ2) is 32.8. The Morgan fingerprint density at radius 3 is 2.16 bits per heavy atom. The zero-order chi connectivity index (χ0) is 63.6. The number of hydrogen-bond acceptors (Lipinski definition) is 18. The number of carboxylic acids is 1. The minimum Gasteiger partial charge on any atom is -0.495 e. The van der Waals surface area contributed by atoms with Gasteiger partial charge in [-0.05, 0) is 92.7 Å². The summed E-state index contributed by atoms with van der Waals surface area (Å²) in [7, 11) is 2.67. The Kier molecular flexibility index (Phi) is 26.7. The molecule has 86 heavy (non-hydrogen) atoms. The van der Waals surface area contributed by atoms with Crippen molar-refractivity contribution in [3.8, 4) is 5.75 Å². The largest absolute Gasteiger partial charge is 0.495 e. The number of epoxide rings is 1. The van der Waals surface area contributed by atoms with Crippen LogP contribution in [-0.4, -0.2) is 168 Å². The lowest BCUT2D eigenvalue weighted by Gasteiger charge is -2.38. The average molecular weight is 1230 g/mol. The summed E-state index contributed by atoms with van der Waals surface area (Å²) >= 11 is 6.39. The number of esters is 2. The number of aliphatic hydroxyl groups excluding tert-OH is 3. The number of benzene rings is 2. The van der Waals surface area contributed by atoms with Crippen LogP contribution >= 0.6 is 11.6 Å². The molecule has 10 N–H and O–H groups in total. The summed E-state index contributed by atoms with van der Waals surface area (Å²) in [6.45, 7) is 12.0. The maximum absolute atomic E-state index is 14.0. The summed E-state index contributed by atoms with van der Waals surface area (Å²) in [6, 6.07) is 8.89. The maximum atomic E-state index is 14.0. The van der Waals surface area contributed by atoms with Gasteiger partial charge in [0.25, 0.3) is 5.91 Å².